The van der Waals surface area contributed by atoms with Crippen molar-refractivity contribution in [2.45, 2.75) is 16.4 Å². The minimum absolute atomic E-state index is 0.0147. The van der Waals surface area contributed by atoms with E-state index >= 15 is 0 Å². The molecule has 1 saturated heterocycles. The molecular formula is C15H13N5O5S2. The summed E-state index contributed by atoms with van der Waals surface area (Å²) in [6, 6.07) is 0.998. The fourth-order valence-corrected chi connectivity index (χ4v) is 5.38. The van der Waals surface area contributed by atoms with Crippen LogP contribution in [-0.2, 0) is 9.59 Å². The van der Waals surface area contributed by atoms with Crippen molar-refractivity contribution in [3.63, 3.8) is 0 Å². The zero-order valence-electron chi connectivity index (χ0n) is 13.6. The number of carboxylic acids is 2. The molecule has 0 bridgehead atoms. The van der Waals surface area contributed by atoms with E-state index in [-0.39, 0.29) is 22.3 Å². The molecule has 12 heteroatoms. The highest BCUT2D eigenvalue weighted by molar-refractivity contribution is 8.01. The van der Waals surface area contributed by atoms with E-state index in [1.807, 2.05) is 0 Å². The van der Waals surface area contributed by atoms with Gasteiger partial charge in [0.15, 0.2) is 5.65 Å². The quantitative estimate of drug-likeness (QED) is 0.353. The van der Waals surface area contributed by atoms with E-state index in [4.69, 9.17) is 5.73 Å². The predicted octanol–water partition coefficient (Wildman–Crippen LogP) is 0.101. The molecule has 2 aromatic rings. The van der Waals surface area contributed by atoms with Gasteiger partial charge in [-0.3, -0.25) is 9.69 Å². The molecule has 2 atom stereocenters. The van der Waals surface area contributed by atoms with Gasteiger partial charge >= 0.3 is 11.9 Å². The van der Waals surface area contributed by atoms with Gasteiger partial charge in [-0.25, -0.2) is 19.1 Å². The zero-order chi connectivity index (χ0) is 19.3. The van der Waals surface area contributed by atoms with Gasteiger partial charge in [0.1, 0.15) is 27.7 Å². The van der Waals surface area contributed by atoms with Gasteiger partial charge < -0.3 is 15.9 Å². The molecule has 1 amide bonds. The summed E-state index contributed by atoms with van der Waals surface area (Å²) in [5, 5.41) is 23.1. The number of aromatic carboxylic acids is 1. The van der Waals surface area contributed by atoms with Gasteiger partial charge in [0.25, 0.3) is 0 Å². The third-order valence-corrected chi connectivity index (χ3v) is 6.74. The van der Waals surface area contributed by atoms with Crippen LogP contribution in [0.4, 0.5) is 0 Å². The topological polar surface area (TPSA) is 151 Å². The highest BCUT2D eigenvalue weighted by Gasteiger charge is 2.51. The van der Waals surface area contributed by atoms with E-state index in [0.29, 0.717) is 22.1 Å². The van der Waals surface area contributed by atoms with Gasteiger partial charge in [0.2, 0.25) is 5.91 Å². The van der Waals surface area contributed by atoms with Gasteiger partial charge in [-0.2, -0.15) is 5.10 Å². The number of carbonyl (C=O) groups excluding carboxylic acids is 1. The van der Waals surface area contributed by atoms with E-state index in [2.05, 4.69) is 10.1 Å². The normalized spacial score (nSPS) is 22.0. The lowest BCUT2D eigenvalue weighted by Crippen LogP contribution is -2.68. The first-order valence-electron chi connectivity index (χ1n) is 7.74. The zero-order valence-corrected chi connectivity index (χ0v) is 15.2. The molecule has 0 radical (unpaired) electrons. The predicted molar refractivity (Wildman–Crippen MR) is 96.4 cm³/mol. The molecular weight excluding hydrogens is 394 g/mol. The Balaban J connectivity index is 1.63. The average molecular weight is 407 g/mol. The number of hydrogen-bond donors (Lipinski definition) is 3. The van der Waals surface area contributed by atoms with Gasteiger partial charge in [0, 0.05) is 17.7 Å². The number of nitrogens with two attached hydrogens (primary N) is 1. The highest BCUT2D eigenvalue weighted by Crippen LogP contribution is 2.40. The molecule has 2 aliphatic rings. The van der Waals surface area contributed by atoms with Crippen molar-refractivity contribution in [3.05, 3.63) is 35.3 Å². The van der Waals surface area contributed by atoms with Crippen molar-refractivity contribution in [1.29, 1.82) is 0 Å². The molecule has 0 aromatic carbocycles. The molecule has 0 aliphatic carbocycles. The molecule has 0 spiro atoms. The molecule has 10 nitrogen and oxygen atoms in total. The Morgan fingerprint density at radius 1 is 1.37 bits per heavy atom. The molecule has 4 rings (SSSR count). The Morgan fingerprint density at radius 2 is 2.15 bits per heavy atom. The summed E-state index contributed by atoms with van der Waals surface area (Å²) < 4.78 is 1.40. The van der Waals surface area contributed by atoms with Crippen molar-refractivity contribution in [1.82, 2.24) is 19.5 Å². The Bertz CT molecular complexity index is 1020. The first-order chi connectivity index (χ1) is 12.9. The summed E-state index contributed by atoms with van der Waals surface area (Å²) in [6.07, 6.45) is 2.69. The van der Waals surface area contributed by atoms with Crippen molar-refractivity contribution < 1.29 is 24.6 Å². The van der Waals surface area contributed by atoms with Crippen molar-refractivity contribution >= 4 is 47.0 Å². The monoisotopic (exact) mass is 407 g/mol. The Morgan fingerprint density at radius 3 is 2.85 bits per heavy atom. The van der Waals surface area contributed by atoms with Crippen LogP contribution in [0.15, 0.2) is 34.8 Å². The van der Waals surface area contributed by atoms with E-state index < -0.39 is 23.9 Å². The summed E-state index contributed by atoms with van der Waals surface area (Å²) in [5.41, 5.74) is 6.52. The summed E-state index contributed by atoms with van der Waals surface area (Å²) in [4.78, 5) is 40.2. The number of fused-ring (bicyclic) bond motifs is 2. The molecule has 0 saturated carbocycles. The largest absolute Gasteiger partial charge is 0.477 e. The van der Waals surface area contributed by atoms with Crippen LogP contribution in [0.5, 0.6) is 0 Å². The minimum Gasteiger partial charge on any atom is -0.477 e. The molecule has 140 valence electrons. The first-order valence-corrected chi connectivity index (χ1v) is 9.78. The Labute approximate surface area is 160 Å². The third-order valence-electron chi connectivity index (χ3n) is 4.28. The van der Waals surface area contributed by atoms with Crippen LogP contribution in [0.1, 0.15) is 10.4 Å². The first kappa shape index (κ1) is 17.8. The smallest absolute Gasteiger partial charge is 0.352 e. The maximum absolute atomic E-state index is 12.0. The molecule has 27 heavy (non-hydrogen) atoms. The number of rotatable bonds is 5. The lowest BCUT2D eigenvalue weighted by molar-refractivity contribution is -0.147. The highest BCUT2D eigenvalue weighted by atomic mass is 32.2. The maximum Gasteiger partial charge on any atom is 0.352 e. The summed E-state index contributed by atoms with van der Waals surface area (Å²) in [5.74, 6) is -1.93. The number of carbonyl (C=O) groups is 3. The van der Waals surface area contributed by atoms with Crippen LogP contribution in [-0.4, -0.2) is 70.5 Å². The number of thioether (sulfide) groups is 2. The number of hydrogen-bond acceptors (Lipinski definition) is 8. The average Bonchev–Trinajstić information content (AvgIpc) is 3.09. The molecule has 4 N–H and O–H groups in total. The second-order valence-electron chi connectivity index (χ2n) is 5.86. The Kier molecular flexibility index (Phi) is 4.32. The second-order valence-corrected chi connectivity index (χ2v) is 7.96. The van der Waals surface area contributed by atoms with Crippen LogP contribution in [0.25, 0.3) is 5.65 Å². The van der Waals surface area contributed by atoms with Crippen LogP contribution in [0.2, 0.25) is 0 Å². The standard InChI is InChI=1S/C15H13N5O5S2/c16-9-12(21)19-10(15(24)25)6(5-27-13(9)19)4-26-8-1-2-17-11-7(14(22)23)3-18-20(8)11/h1-3,9,13H,4-5,16H2,(H,22,23)(H,24,25)/t9?,13-/m0/s1. The van der Waals surface area contributed by atoms with Crippen molar-refractivity contribution in [2.75, 3.05) is 11.5 Å². The molecule has 2 aliphatic heterocycles. The molecule has 4 heterocycles. The minimum atomic E-state index is -1.16. The van der Waals surface area contributed by atoms with Crippen molar-refractivity contribution in [3.8, 4) is 0 Å². The van der Waals surface area contributed by atoms with Crippen LogP contribution < -0.4 is 5.73 Å². The van der Waals surface area contributed by atoms with Gasteiger partial charge in [-0.05, 0) is 11.6 Å². The van der Waals surface area contributed by atoms with Gasteiger partial charge in [-0.15, -0.1) is 23.5 Å². The molecule has 1 unspecified atom stereocenters. The van der Waals surface area contributed by atoms with Crippen LogP contribution in [0.3, 0.4) is 0 Å². The summed E-state index contributed by atoms with van der Waals surface area (Å²) in [6.45, 7) is 0. The van der Waals surface area contributed by atoms with Gasteiger partial charge in [0.05, 0.1) is 6.20 Å². The number of amides is 1. The summed E-state index contributed by atoms with van der Waals surface area (Å²) in [7, 11) is 0. The number of β-lactam (4-membered cyclic amide) rings is 1. The number of carboxylic acid groups (broad SMARTS) is 2. The van der Waals surface area contributed by atoms with E-state index in [0.717, 1.165) is 0 Å². The Hall–Kier alpha value is -2.57. The lowest BCUT2D eigenvalue weighted by Gasteiger charge is -2.48. The van der Waals surface area contributed by atoms with Crippen LogP contribution >= 0.6 is 23.5 Å². The second kappa shape index (κ2) is 6.55. The summed E-state index contributed by atoms with van der Waals surface area (Å²) >= 11 is 2.73. The number of nitrogens with zero attached hydrogens (tertiary/aromatic N) is 4. The lowest BCUT2D eigenvalue weighted by atomic mass is 10.0. The fourth-order valence-electron chi connectivity index (χ4n) is 2.98. The molecule has 1 fully saturated rings. The SMILES string of the molecule is NC1C(=O)N2C(C(=O)O)=C(CSc3ccnc4c(C(=O)O)cnn34)CS[C@@H]12. The number of aliphatic carboxylic acids is 1. The van der Waals surface area contributed by atoms with E-state index in [9.17, 15) is 24.6 Å². The van der Waals surface area contributed by atoms with E-state index in [1.165, 1.54) is 45.3 Å². The molecule has 2 aromatic heterocycles. The van der Waals surface area contributed by atoms with Crippen molar-refractivity contribution in [2.24, 2.45) is 5.73 Å². The van der Waals surface area contributed by atoms with Crippen LogP contribution in [0, 0.1) is 0 Å². The third kappa shape index (κ3) is 2.76. The fraction of sp³-hybridized carbons (Fsp3) is 0.267. The van der Waals surface area contributed by atoms with Gasteiger partial charge in [-0.1, -0.05) is 0 Å². The number of aromatic nitrogens is 3. The maximum atomic E-state index is 12.0. The van der Waals surface area contributed by atoms with E-state index in [1.54, 1.807) is 6.07 Å².